The quantitative estimate of drug-likeness (QED) is 0.796. The van der Waals surface area contributed by atoms with Crippen LogP contribution in [0.2, 0.25) is 0 Å². The van der Waals surface area contributed by atoms with Crippen LogP contribution in [0.25, 0.3) is 0 Å². The number of piperidine rings is 1. The van der Waals surface area contributed by atoms with Crippen LogP contribution >= 0.6 is 11.3 Å². The van der Waals surface area contributed by atoms with E-state index in [0.717, 1.165) is 51.8 Å². The van der Waals surface area contributed by atoms with E-state index in [9.17, 15) is 4.79 Å². The van der Waals surface area contributed by atoms with E-state index >= 15 is 0 Å². The summed E-state index contributed by atoms with van der Waals surface area (Å²) in [5, 5.41) is 2.19. The second-order valence-electron chi connectivity index (χ2n) is 6.32. The minimum Gasteiger partial charge on any atom is -0.369 e. The zero-order valence-electron chi connectivity index (χ0n) is 11.8. The predicted molar refractivity (Wildman–Crippen MR) is 78.8 cm³/mol. The first-order valence-electron chi connectivity index (χ1n) is 7.78. The molecule has 0 bridgehead atoms. The summed E-state index contributed by atoms with van der Waals surface area (Å²) in [5.41, 5.74) is 1.39. The molecule has 1 spiro atoms. The molecule has 1 aromatic rings. The molecular weight excluding hydrogens is 270 g/mol. The van der Waals surface area contributed by atoms with E-state index in [-0.39, 0.29) is 5.60 Å². The Kier molecular flexibility index (Phi) is 3.11. The number of rotatable bonds is 1. The fraction of sp³-hybridized carbons (Fsp3) is 0.688. The highest BCUT2D eigenvalue weighted by Gasteiger charge is 2.43. The van der Waals surface area contributed by atoms with Crippen molar-refractivity contribution in [1.82, 2.24) is 4.90 Å². The average Bonchev–Trinajstić information content (AvgIpc) is 2.88. The molecule has 1 aliphatic carbocycles. The van der Waals surface area contributed by atoms with Gasteiger partial charge in [0.1, 0.15) is 5.60 Å². The van der Waals surface area contributed by atoms with Crippen molar-refractivity contribution in [1.29, 1.82) is 0 Å². The lowest BCUT2D eigenvalue weighted by Crippen LogP contribution is -2.50. The summed E-state index contributed by atoms with van der Waals surface area (Å²) < 4.78 is 6.19. The smallest absolute Gasteiger partial charge is 0.225 e. The molecule has 1 saturated carbocycles. The molecule has 0 unspecified atom stereocenters. The molecular formula is C16H21NO2S. The minimum absolute atomic E-state index is 0.0852. The van der Waals surface area contributed by atoms with Gasteiger partial charge in [-0.2, -0.15) is 0 Å². The normalized spacial score (nSPS) is 25.3. The lowest BCUT2D eigenvalue weighted by atomic mass is 9.82. The zero-order valence-corrected chi connectivity index (χ0v) is 12.6. The average molecular weight is 291 g/mol. The molecule has 3 aliphatic rings. The van der Waals surface area contributed by atoms with Crippen molar-refractivity contribution in [3.63, 3.8) is 0 Å². The van der Waals surface area contributed by atoms with E-state index in [1.807, 2.05) is 11.3 Å². The number of hydrogen-bond acceptors (Lipinski definition) is 3. The van der Waals surface area contributed by atoms with Crippen LogP contribution < -0.4 is 0 Å². The van der Waals surface area contributed by atoms with Crippen LogP contribution in [-0.2, 0) is 21.6 Å². The Morgan fingerprint density at radius 1 is 1.35 bits per heavy atom. The molecule has 0 aromatic carbocycles. The van der Waals surface area contributed by atoms with Gasteiger partial charge in [-0.15, -0.1) is 11.3 Å². The maximum Gasteiger partial charge on any atom is 0.225 e. The lowest BCUT2D eigenvalue weighted by molar-refractivity contribution is -0.146. The summed E-state index contributed by atoms with van der Waals surface area (Å²) >= 11 is 1.83. The molecule has 2 aliphatic heterocycles. The number of amides is 1. The third kappa shape index (κ3) is 1.92. The summed E-state index contributed by atoms with van der Waals surface area (Å²) in [6.07, 6.45) is 6.43. The van der Waals surface area contributed by atoms with Gasteiger partial charge in [-0.05, 0) is 49.1 Å². The van der Waals surface area contributed by atoms with Gasteiger partial charge in [-0.3, -0.25) is 4.79 Å². The first-order valence-corrected chi connectivity index (χ1v) is 8.66. The van der Waals surface area contributed by atoms with Gasteiger partial charge in [0.25, 0.3) is 0 Å². The van der Waals surface area contributed by atoms with Crippen molar-refractivity contribution >= 4 is 17.2 Å². The number of likely N-dealkylation sites (tertiary alicyclic amines) is 1. The second kappa shape index (κ2) is 4.85. The van der Waals surface area contributed by atoms with Gasteiger partial charge in [0, 0.05) is 23.9 Å². The van der Waals surface area contributed by atoms with E-state index in [2.05, 4.69) is 16.3 Å². The molecule has 20 heavy (non-hydrogen) atoms. The highest BCUT2D eigenvalue weighted by atomic mass is 32.1. The van der Waals surface area contributed by atoms with Crippen LogP contribution in [0.4, 0.5) is 0 Å². The maximum atomic E-state index is 12.3. The van der Waals surface area contributed by atoms with Crippen molar-refractivity contribution in [2.24, 2.45) is 5.92 Å². The monoisotopic (exact) mass is 291 g/mol. The van der Waals surface area contributed by atoms with Crippen LogP contribution in [0.5, 0.6) is 0 Å². The number of nitrogens with zero attached hydrogens (tertiary/aromatic N) is 1. The Labute approximate surface area is 123 Å². The molecule has 1 saturated heterocycles. The molecule has 3 nitrogen and oxygen atoms in total. The summed E-state index contributed by atoms with van der Waals surface area (Å²) in [5.74, 6) is 0.724. The van der Waals surface area contributed by atoms with Gasteiger partial charge >= 0.3 is 0 Å². The first-order chi connectivity index (χ1) is 9.78. The number of fused-ring (bicyclic) bond motifs is 2. The van der Waals surface area contributed by atoms with Crippen molar-refractivity contribution in [3.8, 4) is 0 Å². The summed E-state index contributed by atoms with van der Waals surface area (Å²) in [4.78, 5) is 15.8. The molecule has 1 amide bonds. The van der Waals surface area contributed by atoms with E-state index < -0.39 is 0 Å². The van der Waals surface area contributed by atoms with E-state index in [1.165, 1.54) is 16.9 Å². The Morgan fingerprint density at radius 3 is 2.85 bits per heavy atom. The van der Waals surface area contributed by atoms with Crippen molar-refractivity contribution in [2.75, 3.05) is 19.7 Å². The number of carbonyl (C=O) groups excluding carboxylic acids is 1. The molecule has 0 atom stereocenters. The highest BCUT2D eigenvalue weighted by Crippen LogP contribution is 2.44. The number of hydrogen-bond donors (Lipinski definition) is 0. The lowest BCUT2D eigenvalue weighted by Gasteiger charge is -2.45. The SMILES string of the molecule is O=C(C1CCC1)N1CCC2(CC1)OCCc1ccsc12. The summed E-state index contributed by atoms with van der Waals surface area (Å²) in [6.45, 7) is 2.57. The van der Waals surface area contributed by atoms with Gasteiger partial charge in [-0.25, -0.2) is 0 Å². The standard InChI is InChI=1S/C16H21NO2S/c18-15(13-2-1-3-13)17-8-6-16(7-9-17)14-12(4-10-19-16)5-11-20-14/h5,11,13H,1-4,6-10H2. The topological polar surface area (TPSA) is 29.5 Å². The molecule has 3 heterocycles. The first kappa shape index (κ1) is 12.8. The Hall–Kier alpha value is -0.870. The van der Waals surface area contributed by atoms with Crippen molar-refractivity contribution in [2.45, 2.75) is 44.1 Å². The summed E-state index contributed by atoms with van der Waals surface area (Å²) in [6, 6.07) is 2.25. The van der Waals surface area contributed by atoms with Gasteiger partial charge in [0.15, 0.2) is 0 Å². The predicted octanol–water partition coefficient (Wildman–Crippen LogP) is 2.94. The third-order valence-electron chi connectivity index (χ3n) is 5.25. The van der Waals surface area contributed by atoms with Crippen LogP contribution in [0.15, 0.2) is 11.4 Å². The Morgan fingerprint density at radius 2 is 2.15 bits per heavy atom. The number of carbonyl (C=O) groups is 1. The maximum absolute atomic E-state index is 12.3. The van der Waals surface area contributed by atoms with Crippen LogP contribution in [-0.4, -0.2) is 30.5 Å². The molecule has 4 rings (SSSR count). The van der Waals surface area contributed by atoms with E-state index in [4.69, 9.17) is 4.74 Å². The van der Waals surface area contributed by atoms with Gasteiger partial charge in [0.2, 0.25) is 5.91 Å². The highest BCUT2D eigenvalue weighted by molar-refractivity contribution is 7.10. The van der Waals surface area contributed by atoms with Crippen LogP contribution in [0, 0.1) is 5.92 Å². The Balaban J connectivity index is 1.48. The van der Waals surface area contributed by atoms with Crippen molar-refractivity contribution in [3.05, 3.63) is 21.9 Å². The van der Waals surface area contributed by atoms with Crippen LogP contribution in [0.3, 0.4) is 0 Å². The Bertz CT molecular complexity index is 512. The minimum atomic E-state index is -0.0852. The van der Waals surface area contributed by atoms with Gasteiger partial charge in [0.05, 0.1) is 6.61 Å². The molecule has 2 fully saturated rings. The molecule has 0 N–H and O–H groups in total. The van der Waals surface area contributed by atoms with Gasteiger partial charge < -0.3 is 9.64 Å². The molecule has 0 radical (unpaired) electrons. The van der Waals surface area contributed by atoms with E-state index in [1.54, 1.807) is 0 Å². The molecule has 4 heteroatoms. The summed E-state index contributed by atoms with van der Waals surface area (Å²) in [7, 11) is 0. The number of thiophene rings is 1. The fourth-order valence-corrected chi connectivity index (χ4v) is 4.90. The molecule has 108 valence electrons. The third-order valence-corrected chi connectivity index (χ3v) is 6.39. The molecule has 1 aromatic heterocycles. The number of ether oxygens (including phenoxy) is 1. The fourth-order valence-electron chi connectivity index (χ4n) is 3.73. The van der Waals surface area contributed by atoms with Crippen molar-refractivity contribution < 1.29 is 9.53 Å². The zero-order chi connectivity index (χ0) is 13.6. The van der Waals surface area contributed by atoms with E-state index in [0.29, 0.717) is 11.8 Å². The van der Waals surface area contributed by atoms with Gasteiger partial charge in [-0.1, -0.05) is 6.42 Å². The van der Waals surface area contributed by atoms with Crippen LogP contribution in [0.1, 0.15) is 42.5 Å². The largest absolute Gasteiger partial charge is 0.369 e. The second-order valence-corrected chi connectivity index (χ2v) is 7.24.